The molecule has 2 amide bonds. The van der Waals surface area contributed by atoms with Crippen LogP contribution in [0, 0.1) is 13.8 Å². The second-order valence-electron chi connectivity index (χ2n) is 10.6. The number of hydrogen-bond donors (Lipinski definition) is 3. The number of amides is 2. The van der Waals surface area contributed by atoms with Crippen LogP contribution in [-0.2, 0) is 29.0 Å². The van der Waals surface area contributed by atoms with E-state index in [0.717, 1.165) is 59.7 Å². The quantitative estimate of drug-likeness (QED) is 0.273. The maximum Gasteiger partial charge on any atom is 0.242 e. The highest BCUT2D eigenvalue weighted by Crippen LogP contribution is 2.33. The van der Waals surface area contributed by atoms with Gasteiger partial charge in [-0.2, -0.15) is 0 Å². The topological polar surface area (TPSA) is 140 Å². The van der Waals surface area contributed by atoms with Gasteiger partial charge in [0.2, 0.25) is 11.8 Å². The zero-order chi connectivity index (χ0) is 29.5. The highest BCUT2D eigenvalue weighted by molar-refractivity contribution is 5.99. The number of nitrogens with zero attached hydrogens (tertiary/aromatic N) is 4. The molecule has 0 unspecified atom stereocenters. The molecule has 1 aliphatic rings. The number of allylic oxidation sites excluding steroid dienone is 3. The van der Waals surface area contributed by atoms with Crippen molar-refractivity contribution in [3.05, 3.63) is 82.1 Å². The number of H-pyrrole nitrogens is 1. The van der Waals surface area contributed by atoms with Gasteiger partial charge in [0.15, 0.2) is 0 Å². The standard InChI is InChI=1S/C31H39N7O3/c1-19-14-21(3)33-29(19)26(30-20(2)15-22(4)34-30)9-7-6-8-24-17-38(37-36-24)18-28(39)35-27(31(32)40)16-23-10-12-25(41-5)13-11-23/h10-15,17,27,33H,6-9,16,18H2,1-5H3,(H2,32,40)(H,35,39)/b30-26-/t27-/m0/s1. The van der Waals surface area contributed by atoms with Gasteiger partial charge in [-0.25, -0.2) is 4.68 Å². The molecule has 4 rings (SSSR count). The maximum absolute atomic E-state index is 12.7. The Morgan fingerprint density at radius 1 is 1.12 bits per heavy atom. The number of aromatic amines is 1. The van der Waals surface area contributed by atoms with E-state index in [9.17, 15) is 9.59 Å². The van der Waals surface area contributed by atoms with E-state index < -0.39 is 11.9 Å². The van der Waals surface area contributed by atoms with Gasteiger partial charge in [0.1, 0.15) is 18.3 Å². The maximum atomic E-state index is 12.7. The van der Waals surface area contributed by atoms with Gasteiger partial charge in [0, 0.05) is 35.3 Å². The molecule has 0 spiro atoms. The van der Waals surface area contributed by atoms with Gasteiger partial charge < -0.3 is 20.8 Å². The number of ether oxygens (including phenoxy) is 1. The molecule has 216 valence electrons. The number of methoxy groups -OCH3 is 1. The summed E-state index contributed by atoms with van der Waals surface area (Å²) in [5, 5.41) is 11.1. The molecule has 1 atom stereocenters. The van der Waals surface area contributed by atoms with Crippen LogP contribution in [0.4, 0.5) is 0 Å². The molecule has 0 fully saturated rings. The van der Waals surface area contributed by atoms with E-state index in [-0.39, 0.29) is 18.9 Å². The summed E-state index contributed by atoms with van der Waals surface area (Å²) in [5.41, 5.74) is 15.3. The first-order chi connectivity index (χ1) is 19.6. The molecule has 0 saturated carbocycles. The molecule has 4 N–H and O–H groups in total. The summed E-state index contributed by atoms with van der Waals surface area (Å²) in [6.45, 7) is 8.29. The minimum absolute atomic E-state index is 0.0515. The second kappa shape index (κ2) is 13.3. The Balaban J connectivity index is 1.30. The number of aromatic nitrogens is 4. The van der Waals surface area contributed by atoms with Crippen molar-refractivity contribution >= 4 is 23.1 Å². The second-order valence-corrected chi connectivity index (χ2v) is 10.6. The smallest absolute Gasteiger partial charge is 0.242 e. The molecule has 0 aliphatic carbocycles. The lowest BCUT2D eigenvalue weighted by atomic mass is 9.97. The summed E-state index contributed by atoms with van der Waals surface area (Å²) in [6.07, 6.45) is 7.68. The molecule has 0 radical (unpaired) electrons. The first kappa shape index (κ1) is 29.5. The number of unbranched alkanes of at least 4 members (excludes halogenated alkanes) is 1. The van der Waals surface area contributed by atoms with Crippen LogP contribution in [0.1, 0.15) is 61.3 Å². The van der Waals surface area contributed by atoms with Crippen LogP contribution in [0.25, 0.3) is 5.57 Å². The number of aryl methyl sites for hydroxylation is 3. The van der Waals surface area contributed by atoms with Gasteiger partial charge in [-0.15, -0.1) is 5.10 Å². The van der Waals surface area contributed by atoms with Crippen LogP contribution in [0.2, 0.25) is 0 Å². The minimum Gasteiger partial charge on any atom is -0.497 e. The molecule has 41 heavy (non-hydrogen) atoms. The minimum atomic E-state index is -0.833. The molecule has 2 aromatic heterocycles. The van der Waals surface area contributed by atoms with Gasteiger partial charge in [-0.1, -0.05) is 17.3 Å². The number of carbonyl (C=O) groups is 2. The average molecular weight is 558 g/mol. The first-order valence-electron chi connectivity index (χ1n) is 13.9. The predicted octanol–water partition coefficient (Wildman–Crippen LogP) is 3.99. The average Bonchev–Trinajstić information content (AvgIpc) is 3.61. The third-order valence-electron chi connectivity index (χ3n) is 7.10. The van der Waals surface area contributed by atoms with Crippen molar-refractivity contribution in [3.63, 3.8) is 0 Å². The first-order valence-corrected chi connectivity index (χ1v) is 13.9. The number of aliphatic imine (C=N–C) groups is 1. The zero-order valence-corrected chi connectivity index (χ0v) is 24.5. The van der Waals surface area contributed by atoms with Gasteiger partial charge in [-0.05, 0) is 94.4 Å². The van der Waals surface area contributed by atoms with Crippen molar-refractivity contribution in [2.75, 3.05) is 7.11 Å². The lowest BCUT2D eigenvalue weighted by molar-refractivity contribution is -0.127. The van der Waals surface area contributed by atoms with Crippen molar-refractivity contribution < 1.29 is 14.3 Å². The summed E-state index contributed by atoms with van der Waals surface area (Å²) >= 11 is 0. The number of rotatable bonds is 13. The number of hydrogen-bond acceptors (Lipinski definition) is 6. The summed E-state index contributed by atoms with van der Waals surface area (Å²) in [6, 6.07) is 8.61. The van der Waals surface area contributed by atoms with Crippen molar-refractivity contribution in [2.45, 2.75) is 72.4 Å². The van der Waals surface area contributed by atoms with Crippen molar-refractivity contribution in [1.82, 2.24) is 25.3 Å². The van der Waals surface area contributed by atoms with Gasteiger partial charge in [0.25, 0.3) is 0 Å². The van der Waals surface area contributed by atoms with Crippen LogP contribution in [0.15, 0.2) is 58.9 Å². The molecule has 0 saturated heterocycles. The number of carbonyl (C=O) groups excluding carboxylic acids is 2. The number of nitrogens with one attached hydrogen (secondary N) is 2. The van der Waals surface area contributed by atoms with E-state index in [4.69, 9.17) is 15.5 Å². The summed E-state index contributed by atoms with van der Waals surface area (Å²) < 4.78 is 6.65. The summed E-state index contributed by atoms with van der Waals surface area (Å²) in [4.78, 5) is 33.0. The molecule has 10 nitrogen and oxygen atoms in total. The predicted molar refractivity (Wildman–Crippen MR) is 159 cm³/mol. The largest absolute Gasteiger partial charge is 0.497 e. The highest BCUT2D eigenvalue weighted by atomic mass is 16.5. The van der Waals surface area contributed by atoms with E-state index in [0.29, 0.717) is 5.75 Å². The van der Waals surface area contributed by atoms with Crippen molar-refractivity contribution in [2.24, 2.45) is 10.7 Å². The Morgan fingerprint density at radius 3 is 2.49 bits per heavy atom. The molecular formula is C31H39N7O3. The van der Waals surface area contributed by atoms with Crippen molar-refractivity contribution in [1.29, 1.82) is 0 Å². The molecule has 1 aliphatic heterocycles. The Kier molecular flexibility index (Phi) is 9.54. The Labute approximate surface area is 240 Å². The lowest BCUT2D eigenvalue weighted by Gasteiger charge is -2.15. The van der Waals surface area contributed by atoms with E-state index >= 15 is 0 Å². The SMILES string of the molecule is COc1ccc(C[C@H](NC(=O)Cn2cc(CCCC/C(=C3/N=C(C)C=C3C)c3[nH]c(C)cc3C)nn2)C(N)=O)cc1. The lowest BCUT2D eigenvalue weighted by Crippen LogP contribution is -2.46. The van der Waals surface area contributed by atoms with Gasteiger partial charge in [-0.3, -0.25) is 14.6 Å². The highest BCUT2D eigenvalue weighted by Gasteiger charge is 2.20. The van der Waals surface area contributed by atoms with Crippen LogP contribution in [0.5, 0.6) is 5.75 Å². The van der Waals surface area contributed by atoms with Gasteiger partial charge >= 0.3 is 0 Å². The zero-order valence-electron chi connectivity index (χ0n) is 24.5. The molecule has 3 aromatic rings. The summed E-state index contributed by atoms with van der Waals surface area (Å²) in [5.74, 6) is -0.247. The van der Waals surface area contributed by atoms with E-state index in [1.165, 1.54) is 21.4 Å². The Bertz CT molecular complexity index is 1490. The van der Waals surface area contributed by atoms with Crippen LogP contribution < -0.4 is 15.8 Å². The van der Waals surface area contributed by atoms with E-state index in [2.05, 4.69) is 53.5 Å². The molecule has 10 heteroatoms. The molecular weight excluding hydrogens is 518 g/mol. The third-order valence-corrected chi connectivity index (χ3v) is 7.10. The Hall–Kier alpha value is -4.47. The number of benzene rings is 1. The van der Waals surface area contributed by atoms with E-state index in [1.807, 2.05) is 19.1 Å². The fourth-order valence-corrected chi connectivity index (χ4v) is 5.13. The van der Waals surface area contributed by atoms with Crippen LogP contribution in [0.3, 0.4) is 0 Å². The van der Waals surface area contributed by atoms with Crippen LogP contribution >= 0.6 is 0 Å². The van der Waals surface area contributed by atoms with Crippen molar-refractivity contribution in [3.8, 4) is 5.75 Å². The van der Waals surface area contributed by atoms with Crippen LogP contribution in [-0.4, -0.2) is 50.7 Å². The van der Waals surface area contributed by atoms with E-state index in [1.54, 1.807) is 25.4 Å². The van der Waals surface area contributed by atoms with Gasteiger partial charge in [0.05, 0.1) is 18.5 Å². The summed E-state index contributed by atoms with van der Waals surface area (Å²) in [7, 11) is 1.59. The third kappa shape index (κ3) is 7.81. The Morgan fingerprint density at radius 2 is 1.88 bits per heavy atom. The monoisotopic (exact) mass is 557 g/mol. The fourth-order valence-electron chi connectivity index (χ4n) is 5.13. The fraction of sp³-hybridized carbons (Fsp3) is 0.387. The molecule has 0 bridgehead atoms. The molecule has 3 heterocycles. The number of nitrogens with two attached hydrogens (primary N) is 1. The number of primary amides is 1. The normalized spacial score (nSPS) is 14.9. The molecule has 1 aromatic carbocycles.